The van der Waals surface area contributed by atoms with Gasteiger partial charge in [0.1, 0.15) is 17.9 Å². The molecule has 4 rings (SSSR count). The first-order valence-electron chi connectivity index (χ1n) is 10.7. The normalized spacial score (nSPS) is 10.8. The minimum Gasteiger partial charge on any atom is -0.492 e. The van der Waals surface area contributed by atoms with E-state index in [1.165, 1.54) is 4.57 Å². The van der Waals surface area contributed by atoms with E-state index in [2.05, 4.69) is 15.5 Å². The number of para-hydroxylation sites is 2. The molecule has 0 saturated carbocycles. The number of halogens is 1. The van der Waals surface area contributed by atoms with Crippen LogP contribution in [0, 0.1) is 13.8 Å². The van der Waals surface area contributed by atoms with Crippen molar-refractivity contribution in [3.05, 3.63) is 81.2 Å². The highest BCUT2D eigenvalue weighted by atomic mass is 35.5. The molecule has 0 aliphatic rings. The molecule has 4 aromatic rings. The molecule has 0 spiro atoms. The molecular weight excluding hydrogens is 456 g/mol. The Hall–Kier alpha value is -3.91. The van der Waals surface area contributed by atoms with E-state index in [1.54, 1.807) is 56.3 Å². The number of hydrogen-bond acceptors (Lipinski definition) is 6. The predicted octanol–water partition coefficient (Wildman–Crippen LogP) is 4.87. The second-order valence-electron chi connectivity index (χ2n) is 7.64. The molecule has 0 atom stereocenters. The molecule has 2 aromatic heterocycles. The first kappa shape index (κ1) is 23.3. The second-order valence-corrected chi connectivity index (χ2v) is 8.08. The Morgan fingerprint density at radius 3 is 2.62 bits per heavy atom. The van der Waals surface area contributed by atoms with Crippen LogP contribution in [0.15, 0.2) is 63.9 Å². The van der Waals surface area contributed by atoms with Crippen LogP contribution in [-0.2, 0) is 11.3 Å². The van der Waals surface area contributed by atoms with Crippen LogP contribution in [-0.4, -0.2) is 27.2 Å². The van der Waals surface area contributed by atoms with E-state index in [-0.39, 0.29) is 23.9 Å². The van der Waals surface area contributed by atoms with E-state index in [9.17, 15) is 9.59 Å². The molecule has 34 heavy (non-hydrogen) atoms. The molecule has 2 aromatic carbocycles. The fraction of sp³-hybridized carbons (Fsp3) is 0.200. The molecule has 1 N–H and O–H groups in total. The number of carbonyl (C=O) groups excluding carboxylic acids is 1. The summed E-state index contributed by atoms with van der Waals surface area (Å²) in [5.41, 5.74) is 2.41. The first-order valence-corrected chi connectivity index (χ1v) is 11.1. The fourth-order valence-electron chi connectivity index (χ4n) is 3.61. The molecule has 1 amide bonds. The number of aromatic nitrogens is 3. The standard InChI is InChI=1S/C25H23ClN4O4/c1-4-33-20-8-6-5-7-19(20)27-21(31)14-30-16(3)13-15(2)22(25(30)32)24-28-23(29-34-24)17-9-11-18(26)12-10-17/h5-13H,4,14H2,1-3H3,(H,27,31). The fourth-order valence-corrected chi connectivity index (χ4v) is 3.74. The summed E-state index contributed by atoms with van der Waals surface area (Å²) in [6.45, 7) is 5.71. The van der Waals surface area contributed by atoms with Gasteiger partial charge in [0, 0.05) is 16.3 Å². The molecular formula is C25H23ClN4O4. The monoisotopic (exact) mass is 478 g/mol. The lowest BCUT2D eigenvalue weighted by atomic mass is 10.1. The zero-order chi connectivity index (χ0) is 24.2. The maximum Gasteiger partial charge on any atom is 0.264 e. The number of ether oxygens (including phenoxy) is 1. The summed E-state index contributed by atoms with van der Waals surface area (Å²) >= 11 is 5.94. The lowest BCUT2D eigenvalue weighted by Crippen LogP contribution is -2.30. The minimum absolute atomic E-state index is 0.0864. The van der Waals surface area contributed by atoms with E-state index in [1.807, 2.05) is 19.1 Å². The summed E-state index contributed by atoms with van der Waals surface area (Å²) in [7, 11) is 0. The third-order valence-electron chi connectivity index (χ3n) is 5.21. The van der Waals surface area contributed by atoms with Gasteiger partial charge in [-0.3, -0.25) is 9.59 Å². The summed E-state index contributed by atoms with van der Waals surface area (Å²) in [5, 5.41) is 7.41. The largest absolute Gasteiger partial charge is 0.492 e. The van der Waals surface area contributed by atoms with E-state index < -0.39 is 5.56 Å². The molecule has 0 unspecified atom stereocenters. The van der Waals surface area contributed by atoms with Crippen LogP contribution in [0.2, 0.25) is 5.02 Å². The van der Waals surface area contributed by atoms with Crippen molar-refractivity contribution in [3.63, 3.8) is 0 Å². The number of benzene rings is 2. The number of anilines is 1. The van der Waals surface area contributed by atoms with Crippen LogP contribution in [0.4, 0.5) is 5.69 Å². The zero-order valence-electron chi connectivity index (χ0n) is 19.0. The molecule has 0 aliphatic heterocycles. The Morgan fingerprint density at radius 1 is 1.15 bits per heavy atom. The molecule has 0 bridgehead atoms. The average molecular weight is 479 g/mol. The van der Waals surface area contributed by atoms with E-state index in [0.717, 1.165) is 0 Å². The molecule has 9 heteroatoms. The van der Waals surface area contributed by atoms with Crippen LogP contribution < -0.4 is 15.6 Å². The topological polar surface area (TPSA) is 99.2 Å². The molecule has 0 aliphatic carbocycles. The molecule has 8 nitrogen and oxygen atoms in total. The SMILES string of the molecule is CCOc1ccccc1NC(=O)Cn1c(C)cc(C)c(-c2nc(-c3ccc(Cl)cc3)no2)c1=O. The molecule has 2 heterocycles. The van der Waals surface area contributed by atoms with Crippen molar-refractivity contribution in [1.29, 1.82) is 0 Å². The summed E-state index contributed by atoms with van der Waals surface area (Å²) < 4.78 is 12.3. The number of pyridine rings is 1. The Bertz CT molecular complexity index is 1390. The number of carbonyl (C=O) groups is 1. The van der Waals surface area contributed by atoms with E-state index >= 15 is 0 Å². The number of nitrogens with zero attached hydrogens (tertiary/aromatic N) is 3. The third-order valence-corrected chi connectivity index (χ3v) is 5.46. The molecule has 0 radical (unpaired) electrons. The van der Waals surface area contributed by atoms with Gasteiger partial charge in [0.05, 0.1) is 12.3 Å². The van der Waals surface area contributed by atoms with Crippen molar-refractivity contribution in [2.24, 2.45) is 0 Å². The van der Waals surface area contributed by atoms with Gasteiger partial charge >= 0.3 is 0 Å². The van der Waals surface area contributed by atoms with Gasteiger partial charge in [-0.1, -0.05) is 28.9 Å². The number of rotatable bonds is 7. The molecule has 174 valence electrons. The van der Waals surface area contributed by atoms with Crippen molar-refractivity contribution in [1.82, 2.24) is 14.7 Å². The highest BCUT2D eigenvalue weighted by molar-refractivity contribution is 6.30. The number of amides is 1. The Labute approximate surface area is 201 Å². The van der Waals surface area contributed by atoms with E-state index in [0.29, 0.717) is 45.7 Å². The lowest BCUT2D eigenvalue weighted by molar-refractivity contribution is -0.116. The van der Waals surface area contributed by atoms with Gasteiger partial charge in [-0.25, -0.2) is 0 Å². The highest BCUT2D eigenvalue weighted by Crippen LogP contribution is 2.25. The Morgan fingerprint density at radius 2 is 1.88 bits per heavy atom. The van der Waals surface area contributed by atoms with Crippen molar-refractivity contribution in [2.45, 2.75) is 27.3 Å². The van der Waals surface area contributed by atoms with Crippen molar-refractivity contribution in [2.75, 3.05) is 11.9 Å². The predicted molar refractivity (Wildman–Crippen MR) is 130 cm³/mol. The number of nitrogens with one attached hydrogen (secondary N) is 1. The van der Waals surface area contributed by atoms with Crippen molar-refractivity contribution in [3.8, 4) is 28.6 Å². The Balaban J connectivity index is 1.63. The smallest absolute Gasteiger partial charge is 0.264 e. The second kappa shape index (κ2) is 9.93. The van der Waals surface area contributed by atoms with Gasteiger partial charge in [0.2, 0.25) is 11.7 Å². The van der Waals surface area contributed by atoms with Crippen LogP contribution in [0.3, 0.4) is 0 Å². The maximum atomic E-state index is 13.4. The van der Waals surface area contributed by atoms with Crippen molar-refractivity contribution < 1.29 is 14.1 Å². The van der Waals surface area contributed by atoms with Crippen LogP contribution in [0.1, 0.15) is 18.2 Å². The van der Waals surface area contributed by atoms with Gasteiger partial charge in [-0.2, -0.15) is 4.98 Å². The summed E-state index contributed by atoms with van der Waals surface area (Å²) in [5.74, 6) is 0.623. The third kappa shape index (κ3) is 4.87. The summed E-state index contributed by atoms with van der Waals surface area (Å²) in [6.07, 6.45) is 0. The minimum atomic E-state index is -0.392. The van der Waals surface area contributed by atoms with Gasteiger partial charge in [0.25, 0.3) is 11.4 Å². The number of hydrogen-bond donors (Lipinski definition) is 1. The molecule has 0 saturated heterocycles. The summed E-state index contributed by atoms with van der Waals surface area (Å²) in [6, 6.07) is 15.9. The summed E-state index contributed by atoms with van der Waals surface area (Å²) in [4.78, 5) is 30.6. The van der Waals surface area contributed by atoms with Crippen LogP contribution >= 0.6 is 11.6 Å². The zero-order valence-corrected chi connectivity index (χ0v) is 19.7. The van der Waals surface area contributed by atoms with Gasteiger partial charge in [-0.05, 0) is 68.8 Å². The van der Waals surface area contributed by atoms with Gasteiger partial charge < -0.3 is 19.1 Å². The molecule has 0 fully saturated rings. The Kier molecular flexibility index (Phi) is 6.79. The lowest BCUT2D eigenvalue weighted by Gasteiger charge is -2.14. The van der Waals surface area contributed by atoms with E-state index in [4.69, 9.17) is 20.9 Å². The van der Waals surface area contributed by atoms with Gasteiger partial charge in [0.15, 0.2) is 0 Å². The maximum absolute atomic E-state index is 13.4. The average Bonchev–Trinajstić information content (AvgIpc) is 3.28. The van der Waals surface area contributed by atoms with Gasteiger partial charge in [-0.15, -0.1) is 0 Å². The van der Waals surface area contributed by atoms with Crippen LogP contribution in [0.25, 0.3) is 22.8 Å². The van der Waals surface area contributed by atoms with Crippen LogP contribution in [0.5, 0.6) is 5.75 Å². The first-order chi connectivity index (χ1) is 16.4. The highest BCUT2D eigenvalue weighted by Gasteiger charge is 2.20. The van der Waals surface area contributed by atoms with Crippen molar-refractivity contribution >= 4 is 23.2 Å². The number of aryl methyl sites for hydroxylation is 2. The quantitative estimate of drug-likeness (QED) is 0.406.